The second kappa shape index (κ2) is 8.87. The van der Waals surface area contributed by atoms with Crippen LogP contribution in [0.1, 0.15) is 39.5 Å². The van der Waals surface area contributed by atoms with Gasteiger partial charge in [0.1, 0.15) is 0 Å². The van der Waals surface area contributed by atoms with Gasteiger partial charge in [0.05, 0.1) is 13.2 Å². The second-order valence-electron chi connectivity index (χ2n) is 4.31. The van der Waals surface area contributed by atoms with Crippen molar-refractivity contribution in [1.82, 2.24) is 0 Å². The number of carbonyl (C=O) groups excluding carboxylic acids is 2. The van der Waals surface area contributed by atoms with E-state index >= 15 is 0 Å². The van der Waals surface area contributed by atoms with Crippen molar-refractivity contribution in [1.29, 1.82) is 0 Å². The van der Waals surface area contributed by atoms with Crippen molar-refractivity contribution in [3.05, 3.63) is 0 Å². The van der Waals surface area contributed by atoms with E-state index in [1.165, 1.54) is 6.92 Å². The van der Waals surface area contributed by atoms with Gasteiger partial charge in [0.2, 0.25) is 6.10 Å². The fourth-order valence-electron chi connectivity index (χ4n) is 1.81. The minimum absolute atomic E-state index is 0.214. The fourth-order valence-corrected chi connectivity index (χ4v) is 1.81. The molecule has 1 fully saturated rings. The summed E-state index contributed by atoms with van der Waals surface area (Å²) in [7, 11) is 0. The molecule has 2 atom stereocenters. The van der Waals surface area contributed by atoms with E-state index in [1.807, 2.05) is 0 Å². The van der Waals surface area contributed by atoms with Gasteiger partial charge >= 0.3 is 11.9 Å². The van der Waals surface area contributed by atoms with E-state index in [0.717, 1.165) is 19.3 Å². The first-order valence-electron chi connectivity index (χ1n) is 6.70. The lowest BCUT2D eigenvalue weighted by Crippen LogP contribution is -2.31. The Kier molecular flexibility index (Phi) is 7.43. The molecule has 0 spiro atoms. The lowest BCUT2D eigenvalue weighted by molar-refractivity contribution is -0.177. The normalized spacial score (nSPS) is 20.6. The molecule has 6 heteroatoms. The van der Waals surface area contributed by atoms with E-state index < -0.39 is 18.0 Å². The van der Waals surface area contributed by atoms with E-state index in [9.17, 15) is 9.59 Å². The molecule has 0 bridgehead atoms. The van der Waals surface area contributed by atoms with E-state index in [0.29, 0.717) is 13.2 Å². The van der Waals surface area contributed by atoms with Gasteiger partial charge in [-0.2, -0.15) is 0 Å². The second-order valence-corrected chi connectivity index (χ2v) is 4.31. The smallest absolute Gasteiger partial charge is 0.347 e. The minimum atomic E-state index is -0.902. The van der Waals surface area contributed by atoms with Crippen molar-refractivity contribution < 1.29 is 28.5 Å². The van der Waals surface area contributed by atoms with Crippen LogP contribution in [0.25, 0.3) is 0 Å². The number of hydrogen-bond donors (Lipinski definition) is 0. The number of esters is 2. The Labute approximate surface area is 113 Å². The zero-order valence-corrected chi connectivity index (χ0v) is 11.6. The maximum absolute atomic E-state index is 11.6. The Morgan fingerprint density at radius 2 is 2.16 bits per heavy atom. The molecule has 110 valence electrons. The first-order chi connectivity index (χ1) is 9.13. The average Bonchev–Trinajstić information content (AvgIpc) is 2.38. The molecule has 1 aliphatic heterocycles. The molecule has 0 N–H and O–H groups in total. The van der Waals surface area contributed by atoms with Gasteiger partial charge in [-0.05, 0) is 26.2 Å². The lowest BCUT2D eigenvalue weighted by atomic mass is 10.2. The van der Waals surface area contributed by atoms with Crippen LogP contribution in [-0.4, -0.2) is 44.2 Å². The third-order valence-corrected chi connectivity index (χ3v) is 2.68. The molecule has 1 aliphatic rings. The van der Waals surface area contributed by atoms with Gasteiger partial charge in [-0.25, -0.2) is 4.79 Å². The minimum Gasteiger partial charge on any atom is -0.463 e. The fraction of sp³-hybridized carbons (Fsp3) is 0.846. The van der Waals surface area contributed by atoms with Crippen LogP contribution in [-0.2, 0) is 28.5 Å². The number of rotatable bonds is 7. The van der Waals surface area contributed by atoms with Gasteiger partial charge in [0.15, 0.2) is 6.29 Å². The summed E-state index contributed by atoms with van der Waals surface area (Å²) in [6, 6.07) is 0. The molecule has 0 aliphatic carbocycles. The summed E-state index contributed by atoms with van der Waals surface area (Å²) < 4.78 is 20.7. The van der Waals surface area contributed by atoms with Crippen molar-refractivity contribution in [2.24, 2.45) is 0 Å². The van der Waals surface area contributed by atoms with Gasteiger partial charge < -0.3 is 18.9 Å². The SMILES string of the molecule is CCOC(=O)C(CCOC1CCCCO1)OC(C)=O. The first kappa shape index (κ1) is 15.9. The molecule has 0 aromatic heterocycles. The Hall–Kier alpha value is -1.14. The Bertz CT molecular complexity index is 285. The van der Waals surface area contributed by atoms with Crippen LogP contribution >= 0.6 is 0 Å². The molecule has 0 saturated carbocycles. The molecule has 6 nitrogen and oxygen atoms in total. The number of ether oxygens (including phenoxy) is 4. The summed E-state index contributed by atoms with van der Waals surface area (Å²) >= 11 is 0. The maximum Gasteiger partial charge on any atom is 0.347 e. The zero-order valence-electron chi connectivity index (χ0n) is 11.6. The topological polar surface area (TPSA) is 71.1 Å². The van der Waals surface area contributed by atoms with E-state index in [2.05, 4.69) is 0 Å². The summed E-state index contributed by atoms with van der Waals surface area (Å²) in [5, 5.41) is 0. The first-order valence-corrected chi connectivity index (χ1v) is 6.70. The van der Waals surface area contributed by atoms with Gasteiger partial charge in [0.25, 0.3) is 0 Å². The molecule has 2 unspecified atom stereocenters. The molecular formula is C13H22O6. The van der Waals surface area contributed by atoms with E-state index in [1.54, 1.807) is 6.92 Å². The van der Waals surface area contributed by atoms with E-state index in [4.69, 9.17) is 18.9 Å². The van der Waals surface area contributed by atoms with Crippen LogP contribution in [0.5, 0.6) is 0 Å². The van der Waals surface area contributed by atoms with Gasteiger partial charge in [-0.1, -0.05) is 0 Å². The molecule has 1 rings (SSSR count). The quantitative estimate of drug-likeness (QED) is 0.654. The largest absolute Gasteiger partial charge is 0.463 e. The Morgan fingerprint density at radius 3 is 2.74 bits per heavy atom. The molecule has 0 aromatic carbocycles. The Morgan fingerprint density at radius 1 is 1.37 bits per heavy atom. The summed E-state index contributed by atoms with van der Waals surface area (Å²) in [6.07, 6.45) is 2.15. The molecular weight excluding hydrogens is 252 g/mol. The molecule has 1 heterocycles. The lowest BCUT2D eigenvalue weighted by Gasteiger charge is -2.23. The van der Waals surface area contributed by atoms with Crippen LogP contribution in [0.4, 0.5) is 0 Å². The highest BCUT2D eigenvalue weighted by Gasteiger charge is 2.23. The predicted molar refractivity (Wildman–Crippen MR) is 66.3 cm³/mol. The standard InChI is InChI=1S/C13H22O6/c1-3-16-13(15)11(19-10(2)14)7-9-18-12-6-4-5-8-17-12/h11-12H,3-9H2,1-2H3. The molecule has 19 heavy (non-hydrogen) atoms. The van der Waals surface area contributed by atoms with Crippen molar-refractivity contribution in [3.8, 4) is 0 Å². The predicted octanol–water partition coefficient (Wildman–Crippen LogP) is 1.41. The average molecular weight is 274 g/mol. The highest BCUT2D eigenvalue weighted by molar-refractivity contribution is 5.78. The molecule has 0 amide bonds. The highest BCUT2D eigenvalue weighted by atomic mass is 16.7. The van der Waals surface area contributed by atoms with Crippen molar-refractivity contribution >= 4 is 11.9 Å². The third kappa shape index (κ3) is 6.54. The van der Waals surface area contributed by atoms with Gasteiger partial charge in [-0.3, -0.25) is 4.79 Å². The van der Waals surface area contributed by atoms with Crippen LogP contribution in [0.3, 0.4) is 0 Å². The zero-order chi connectivity index (χ0) is 14.1. The van der Waals surface area contributed by atoms with Crippen molar-refractivity contribution in [3.63, 3.8) is 0 Å². The monoisotopic (exact) mass is 274 g/mol. The van der Waals surface area contributed by atoms with Gasteiger partial charge in [-0.15, -0.1) is 0 Å². The van der Waals surface area contributed by atoms with Crippen LogP contribution in [0.15, 0.2) is 0 Å². The molecule has 0 radical (unpaired) electrons. The number of carbonyl (C=O) groups is 2. The summed E-state index contributed by atoms with van der Waals surface area (Å²) in [6.45, 7) is 4.22. The summed E-state index contributed by atoms with van der Waals surface area (Å²) in [5.74, 6) is -1.04. The highest BCUT2D eigenvalue weighted by Crippen LogP contribution is 2.14. The van der Waals surface area contributed by atoms with E-state index in [-0.39, 0.29) is 19.3 Å². The summed E-state index contributed by atoms with van der Waals surface area (Å²) in [5.41, 5.74) is 0. The molecule has 0 aromatic rings. The van der Waals surface area contributed by atoms with Crippen molar-refractivity contribution in [2.75, 3.05) is 19.8 Å². The maximum atomic E-state index is 11.6. The summed E-state index contributed by atoms with van der Waals surface area (Å²) in [4.78, 5) is 22.5. The Balaban J connectivity index is 2.30. The van der Waals surface area contributed by atoms with Crippen LogP contribution in [0, 0.1) is 0 Å². The van der Waals surface area contributed by atoms with Crippen molar-refractivity contribution in [2.45, 2.75) is 51.9 Å². The van der Waals surface area contributed by atoms with Crippen LogP contribution in [0.2, 0.25) is 0 Å². The van der Waals surface area contributed by atoms with Gasteiger partial charge in [0, 0.05) is 20.0 Å². The third-order valence-electron chi connectivity index (χ3n) is 2.68. The van der Waals surface area contributed by atoms with Crippen LogP contribution < -0.4 is 0 Å². The number of hydrogen-bond acceptors (Lipinski definition) is 6. The molecule has 1 saturated heterocycles.